The molecule has 0 amide bonds. The van der Waals surface area contributed by atoms with Crippen molar-refractivity contribution in [2.75, 3.05) is 6.54 Å². The van der Waals surface area contributed by atoms with E-state index in [1.165, 1.54) is 45.1 Å². The van der Waals surface area contributed by atoms with E-state index in [2.05, 4.69) is 23.6 Å². The SMILES string of the molecule is C[C@H](NC1CCCCC1C1CCCN1)c1ccco1. The molecule has 1 aromatic rings. The van der Waals surface area contributed by atoms with Crippen LogP contribution >= 0.6 is 0 Å². The van der Waals surface area contributed by atoms with E-state index in [-0.39, 0.29) is 0 Å². The summed E-state index contributed by atoms with van der Waals surface area (Å²) in [6, 6.07) is 5.75. The highest BCUT2D eigenvalue weighted by Gasteiger charge is 2.33. The van der Waals surface area contributed by atoms with Crippen LogP contribution in [0, 0.1) is 5.92 Å². The summed E-state index contributed by atoms with van der Waals surface area (Å²) in [4.78, 5) is 0. The lowest BCUT2D eigenvalue weighted by Crippen LogP contribution is -2.47. The molecule has 1 aliphatic heterocycles. The van der Waals surface area contributed by atoms with Crippen LogP contribution in [0.5, 0.6) is 0 Å². The second kappa shape index (κ2) is 6.10. The molecule has 19 heavy (non-hydrogen) atoms. The van der Waals surface area contributed by atoms with Crippen molar-refractivity contribution in [3.8, 4) is 0 Å². The summed E-state index contributed by atoms with van der Waals surface area (Å²) in [5.74, 6) is 1.86. The zero-order valence-corrected chi connectivity index (χ0v) is 11.9. The van der Waals surface area contributed by atoms with Crippen molar-refractivity contribution in [1.82, 2.24) is 10.6 Å². The predicted octanol–water partition coefficient (Wildman–Crippen LogP) is 3.24. The van der Waals surface area contributed by atoms with Gasteiger partial charge in [-0.25, -0.2) is 0 Å². The molecule has 0 radical (unpaired) electrons. The Morgan fingerprint density at radius 1 is 1.26 bits per heavy atom. The Morgan fingerprint density at radius 2 is 2.16 bits per heavy atom. The van der Waals surface area contributed by atoms with E-state index in [9.17, 15) is 0 Å². The average Bonchev–Trinajstić information content (AvgIpc) is 3.13. The monoisotopic (exact) mass is 262 g/mol. The second-order valence-electron chi connectivity index (χ2n) is 6.16. The van der Waals surface area contributed by atoms with Gasteiger partial charge >= 0.3 is 0 Å². The lowest BCUT2D eigenvalue weighted by atomic mass is 9.79. The van der Waals surface area contributed by atoms with E-state index in [0.717, 1.165) is 17.7 Å². The largest absolute Gasteiger partial charge is 0.468 e. The molecule has 3 heteroatoms. The summed E-state index contributed by atoms with van der Waals surface area (Å²) in [6.45, 7) is 3.42. The van der Waals surface area contributed by atoms with Gasteiger partial charge in [-0.2, -0.15) is 0 Å². The Balaban J connectivity index is 1.63. The third kappa shape index (κ3) is 3.03. The minimum atomic E-state index is 0.321. The molecule has 0 aromatic carbocycles. The highest BCUT2D eigenvalue weighted by molar-refractivity contribution is 5.04. The molecule has 2 heterocycles. The molecule has 1 saturated heterocycles. The highest BCUT2D eigenvalue weighted by atomic mass is 16.3. The van der Waals surface area contributed by atoms with E-state index in [1.807, 2.05) is 6.07 Å². The highest BCUT2D eigenvalue weighted by Crippen LogP contribution is 2.32. The van der Waals surface area contributed by atoms with Crippen molar-refractivity contribution in [2.24, 2.45) is 5.92 Å². The smallest absolute Gasteiger partial charge is 0.120 e. The van der Waals surface area contributed by atoms with E-state index >= 15 is 0 Å². The summed E-state index contributed by atoms with van der Waals surface area (Å²) in [6.07, 6.45) is 9.93. The van der Waals surface area contributed by atoms with Crippen LogP contribution < -0.4 is 10.6 Å². The molecule has 4 atom stereocenters. The van der Waals surface area contributed by atoms with Gasteiger partial charge in [0, 0.05) is 12.1 Å². The summed E-state index contributed by atoms with van der Waals surface area (Å²) >= 11 is 0. The Bertz CT molecular complexity index is 370. The van der Waals surface area contributed by atoms with E-state index < -0.39 is 0 Å². The summed E-state index contributed by atoms with van der Waals surface area (Å²) < 4.78 is 5.52. The zero-order valence-electron chi connectivity index (χ0n) is 11.9. The second-order valence-corrected chi connectivity index (χ2v) is 6.16. The fourth-order valence-corrected chi connectivity index (χ4v) is 3.87. The molecule has 2 fully saturated rings. The van der Waals surface area contributed by atoms with Gasteiger partial charge < -0.3 is 15.1 Å². The first kappa shape index (κ1) is 13.2. The first-order chi connectivity index (χ1) is 9.34. The molecule has 2 aliphatic rings. The van der Waals surface area contributed by atoms with Crippen molar-refractivity contribution in [1.29, 1.82) is 0 Å². The molecular formula is C16H26N2O. The predicted molar refractivity (Wildman–Crippen MR) is 77.0 cm³/mol. The average molecular weight is 262 g/mol. The molecule has 1 aliphatic carbocycles. The first-order valence-electron chi connectivity index (χ1n) is 7.87. The van der Waals surface area contributed by atoms with Crippen molar-refractivity contribution >= 4 is 0 Å². The van der Waals surface area contributed by atoms with Gasteiger partial charge in [-0.05, 0) is 57.2 Å². The normalized spacial score (nSPS) is 33.4. The zero-order chi connectivity index (χ0) is 13.1. The van der Waals surface area contributed by atoms with Gasteiger partial charge in [0.25, 0.3) is 0 Å². The minimum absolute atomic E-state index is 0.321. The molecule has 1 saturated carbocycles. The molecule has 3 unspecified atom stereocenters. The Hall–Kier alpha value is -0.800. The third-order valence-corrected chi connectivity index (χ3v) is 4.87. The van der Waals surface area contributed by atoms with E-state index in [4.69, 9.17) is 4.42 Å². The lowest BCUT2D eigenvalue weighted by molar-refractivity contribution is 0.198. The van der Waals surface area contributed by atoms with Crippen molar-refractivity contribution in [3.05, 3.63) is 24.2 Å². The van der Waals surface area contributed by atoms with Gasteiger partial charge in [-0.15, -0.1) is 0 Å². The molecule has 3 nitrogen and oxygen atoms in total. The summed E-state index contributed by atoms with van der Waals surface area (Å²) in [5.41, 5.74) is 0. The molecule has 106 valence electrons. The van der Waals surface area contributed by atoms with Gasteiger partial charge in [-0.1, -0.05) is 12.8 Å². The molecule has 0 spiro atoms. The molecule has 2 N–H and O–H groups in total. The van der Waals surface area contributed by atoms with Crippen molar-refractivity contribution in [3.63, 3.8) is 0 Å². The maximum Gasteiger partial charge on any atom is 0.120 e. The molecule has 0 bridgehead atoms. The maximum atomic E-state index is 5.52. The maximum absolute atomic E-state index is 5.52. The van der Waals surface area contributed by atoms with Gasteiger partial charge in [0.2, 0.25) is 0 Å². The Labute approximate surface area is 116 Å². The lowest BCUT2D eigenvalue weighted by Gasteiger charge is -2.37. The van der Waals surface area contributed by atoms with Crippen LogP contribution in [0.1, 0.15) is 57.3 Å². The van der Waals surface area contributed by atoms with E-state index in [1.54, 1.807) is 6.26 Å². The minimum Gasteiger partial charge on any atom is -0.468 e. The molecule has 3 rings (SSSR count). The summed E-state index contributed by atoms with van der Waals surface area (Å²) in [7, 11) is 0. The Kier molecular flexibility index (Phi) is 4.24. The van der Waals surface area contributed by atoms with Crippen molar-refractivity contribution in [2.45, 2.75) is 63.6 Å². The van der Waals surface area contributed by atoms with Gasteiger partial charge in [0.15, 0.2) is 0 Å². The number of furan rings is 1. The Morgan fingerprint density at radius 3 is 2.89 bits per heavy atom. The van der Waals surface area contributed by atoms with Crippen LogP contribution in [0.2, 0.25) is 0 Å². The number of hydrogen-bond acceptors (Lipinski definition) is 3. The first-order valence-corrected chi connectivity index (χ1v) is 7.87. The fraction of sp³-hybridized carbons (Fsp3) is 0.750. The van der Waals surface area contributed by atoms with Gasteiger partial charge in [0.1, 0.15) is 5.76 Å². The van der Waals surface area contributed by atoms with Crippen molar-refractivity contribution < 1.29 is 4.42 Å². The van der Waals surface area contributed by atoms with Gasteiger partial charge in [-0.3, -0.25) is 0 Å². The number of rotatable bonds is 4. The number of hydrogen-bond donors (Lipinski definition) is 2. The van der Waals surface area contributed by atoms with Crippen LogP contribution in [0.25, 0.3) is 0 Å². The molecular weight excluding hydrogens is 236 g/mol. The number of nitrogens with one attached hydrogen (secondary N) is 2. The van der Waals surface area contributed by atoms with Crippen LogP contribution in [0.3, 0.4) is 0 Å². The van der Waals surface area contributed by atoms with Crippen LogP contribution in [-0.4, -0.2) is 18.6 Å². The van der Waals surface area contributed by atoms with Crippen LogP contribution in [0.4, 0.5) is 0 Å². The summed E-state index contributed by atoms with van der Waals surface area (Å²) in [5, 5.41) is 7.52. The quantitative estimate of drug-likeness (QED) is 0.874. The third-order valence-electron chi connectivity index (χ3n) is 4.87. The van der Waals surface area contributed by atoms with E-state index in [0.29, 0.717) is 12.1 Å². The van der Waals surface area contributed by atoms with Crippen LogP contribution in [-0.2, 0) is 0 Å². The fourth-order valence-electron chi connectivity index (χ4n) is 3.87. The van der Waals surface area contributed by atoms with Gasteiger partial charge in [0.05, 0.1) is 12.3 Å². The molecule has 1 aromatic heterocycles. The standard InChI is InChI=1S/C16H26N2O/c1-12(16-9-5-11-19-16)18-15-7-3-2-6-13(15)14-8-4-10-17-14/h5,9,11-15,17-18H,2-4,6-8,10H2,1H3/t12-,13?,14?,15?/m0/s1. The van der Waals surface area contributed by atoms with Crippen LogP contribution in [0.15, 0.2) is 22.8 Å². The topological polar surface area (TPSA) is 37.2 Å².